The Morgan fingerprint density at radius 2 is 2.21 bits per heavy atom. The zero-order valence-electron chi connectivity index (χ0n) is 11.2. The number of hydrogen-bond acceptors (Lipinski definition) is 7. The van der Waals surface area contributed by atoms with Crippen LogP contribution >= 0.6 is 23.5 Å². The Kier molecular flexibility index (Phi) is 6.06. The molecule has 1 aromatic heterocycles. The molecule has 1 fully saturated rings. The normalized spacial score (nSPS) is 19.2. The molecule has 106 valence electrons. The molecule has 0 aliphatic carbocycles. The summed E-state index contributed by atoms with van der Waals surface area (Å²) in [7, 11) is 0. The summed E-state index contributed by atoms with van der Waals surface area (Å²) in [4.78, 5) is 8.86. The lowest BCUT2D eigenvalue weighted by Gasteiger charge is -2.21. The number of thioether (sulfide) groups is 2. The van der Waals surface area contributed by atoms with Crippen LogP contribution in [-0.4, -0.2) is 39.0 Å². The molecule has 1 aromatic rings. The van der Waals surface area contributed by atoms with E-state index in [1.54, 1.807) is 0 Å². The molecule has 4 N–H and O–H groups in total. The molecule has 0 saturated carbocycles. The Labute approximate surface area is 122 Å². The molecule has 0 spiro atoms. The molecular weight excluding hydrogens is 278 g/mol. The zero-order valence-corrected chi connectivity index (χ0v) is 12.8. The molecule has 5 nitrogen and oxygen atoms in total. The first-order chi connectivity index (χ1) is 9.31. The highest BCUT2D eigenvalue weighted by atomic mass is 32.2. The predicted molar refractivity (Wildman–Crippen MR) is 85.9 cm³/mol. The summed E-state index contributed by atoms with van der Waals surface area (Å²) in [6, 6.07) is 1.86. The lowest BCUT2D eigenvalue weighted by Crippen LogP contribution is -2.24. The fraction of sp³-hybridized carbons (Fsp3) is 0.667. The number of nitrogens with two attached hydrogens (primary N) is 1. The Balaban J connectivity index is 1.95. The van der Waals surface area contributed by atoms with Crippen molar-refractivity contribution in [2.24, 2.45) is 5.84 Å². The van der Waals surface area contributed by atoms with Crippen LogP contribution in [0, 0.1) is 0 Å². The molecule has 0 aromatic carbocycles. The molecule has 19 heavy (non-hydrogen) atoms. The summed E-state index contributed by atoms with van der Waals surface area (Å²) in [5, 5.41) is 4.07. The van der Waals surface area contributed by atoms with Crippen molar-refractivity contribution in [1.29, 1.82) is 0 Å². The number of hydrogen-bond donors (Lipinski definition) is 3. The minimum Gasteiger partial charge on any atom is -0.369 e. The second-order valence-corrected chi connectivity index (χ2v) is 6.96. The summed E-state index contributed by atoms with van der Waals surface area (Å²) in [6.45, 7) is 3.07. The van der Waals surface area contributed by atoms with Crippen LogP contribution in [0.2, 0.25) is 0 Å². The Bertz CT molecular complexity index is 396. The molecular formula is C12H21N5S2. The SMILES string of the molecule is CCCc1nc(NN)cc(NCC2CSCCS2)n1. The van der Waals surface area contributed by atoms with E-state index < -0.39 is 0 Å². The minimum atomic E-state index is 0.664. The maximum Gasteiger partial charge on any atom is 0.145 e. The van der Waals surface area contributed by atoms with Gasteiger partial charge in [0.2, 0.25) is 0 Å². The van der Waals surface area contributed by atoms with Gasteiger partial charge in [-0.2, -0.15) is 23.5 Å². The van der Waals surface area contributed by atoms with Gasteiger partial charge < -0.3 is 10.7 Å². The summed E-state index contributed by atoms with van der Waals surface area (Å²) in [6.07, 6.45) is 1.90. The second kappa shape index (κ2) is 7.81. The van der Waals surface area contributed by atoms with E-state index in [1.165, 1.54) is 17.3 Å². The Morgan fingerprint density at radius 1 is 1.37 bits per heavy atom. The number of aryl methyl sites for hydroxylation is 1. The van der Waals surface area contributed by atoms with E-state index in [-0.39, 0.29) is 0 Å². The topological polar surface area (TPSA) is 75.9 Å². The lowest BCUT2D eigenvalue weighted by atomic mass is 10.3. The summed E-state index contributed by atoms with van der Waals surface area (Å²) in [5.41, 5.74) is 2.60. The van der Waals surface area contributed by atoms with E-state index in [1.807, 2.05) is 29.6 Å². The van der Waals surface area contributed by atoms with Gasteiger partial charge in [-0.15, -0.1) is 0 Å². The average Bonchev–Trinajstić information content (AvgIpc) is 2.46. The largest absolute Gasteiger partial charge is 0.369 e. The molecule has 1 atom stereocenters. The van der Waals surface area contributed by atoms with Gasteiger partial charge in [0.05, 0.1) is 0 Å². The third-order valence-electron chi connectivity index (χ3n) is 2.79. The third-order valence-corrected chi connectivity index (χ3v) is 5.63. The number of anilines is 2. The van der Waals surface area contributed by atoms with E-state index in [0.717, 1.165) is 31.0 Å². The number of nitrogen functional groups attached to an aromatic ring is 1. The molecule has 0 radical (unpaired) electrons. The van der Waals surface area contributed by atoms with Crippen LogP contribution in [0.4, 0.5) is 11.6 Å². The van der Waals surface area contributed by atoms with E-state index in [9.17, 15) is 0 Å². The van der Waals surface area contributed by atoms with Crippen molar-refractivity contribution in [2.45, 2.75) is 25.0 Å². The summed E-state index contributed by atoms with van der Waals surface area (Å²) in [5.74, 6) is 11.6. The lowest BCUT2D eigenvalue weighted by molar-refractivity contribution is 0.833. The molecule has 2 heterocycles. The van der Waals surface area contributed by atoms with E-state index in [0.29, 0.717) is 11.1 Å². The number of nitrogens with one attached hydrogen (secondary N) is 2. The maximum atomic E-state index is 5.45. The van der Waals surface area contributed by atoms with Gasteiger partial charge in [0, 0.05) is 41.5 Å². The van der Waals surface area contributed by atoms with Crippen LogP contribution in [0.15, 0.2) is 6.07 Å². The average molecular weight is 299 g/mol. The highest BCUT2D eigenvalue weighted by Gasteiger charge is 2.14. The van der Waals surface area contributed by atoms with Gasteiger partial charge in [0.1, 0.15) is 17.5 Å². The smallest absolute Gasteiger partial charge is 0.145 e. The fourth-order valence-electron chi connectivity index (χ4n) is 1.87. The van der Waals surface area contributed by atoms with Crippen LogP contribution in [0.1, 0.15) is 19.2 Å². The minimum absolute atomic E-state index is 0.664. The third kappa shape index (κ3) is 4.74. The van der Waals surface area contributed by atoms with Crippen LogP contribution in [0.3, 0.4) is 0 Å². The van der Waals surface area contributed by atoms with Crippen molar-refractivity contribution in [3.05, 3.63) is 11.9 Å². The van der Waals surface area contributed by atoms with Gasteiger partial charge in [-0.3, -0.25) is 0 Å². The van der Waals surface area contributed by atoms with Crippen LogP contribution < -0.4 is 16.6 Å². The van der Waals surface area contributed by atoms with Crippen molar-refractivity contribution < 1.29 is 0 Å². The van der Waals surface area contributed by atoms with Gasteiger partial charge in [-0.25, -0.2) is 15.8 Å². The number of rotatable bonds is 6. The van der Waals surface area contributed by atoms with E-state index in [2.05, 4.69) is 27.6 Å². The van der Waals surface area contributed by atoms with E-state index >= 15 is 0 Å². The molecule has 2 rings (SSSR count). The summed E-state index contributed by atoms with van der Waals surface area (Å²) >= 11 is 4.07. The first-order valence-electron chi connectivity index (χ1n) is 6.59. The Morgan fingerprint density at radius 3 is 2.89 bits per heavy atom. The maximum absolute atomic E-state index is 5.45. The first-order valence-corrected chi connectivity index (χ1v) is 8.80. The van der Waals surface area contributed by atoms with Crippen LogP contribution in [0.25, 0.3) is 0 Å². The molecule has 1 unspecified atom stereocenters. The van der Waals surface area contributed by atoms with Gasteiger partial charge in [-0.05, 0) is 6.42 Å². The monoisotopic (exact) mass is 299 g/mol. The quantitative estimate of drug-likeness (QED) is 0.547. The second-order valence-electron chi connectivity index (χ2n) is 4.40. The van der Waals surface area contributed by atoms with Crippen molar-refractivity contribution in [1.82, 2.24) is 9.97 Å². The van der Waals surface area contributed by atoms with Crippen LogP contribution in [-0.2, 0) is 6.42 Å². The van der Waals surface area contributed by atoms with Crippen molar-refractivity contribution in [3.63, 3.8) is 0 Å². The van der Waals surface area contributed by atoms with Gasteiger partial charge in [-0.1, -0.05) is 6.92 Å². The number of hydrazine groups is 1. The summed E-state index contributed by atoms with van der Waals surface area (Å²) < 4.78 is 0. The van der Waals surface area contributed by atoms with E-state index in [4.69, 9.17) is 5.84 Å². The zero-order chi connectivity index (χ0) is 13.5. The molecule has 1 aliphatic rings. The number of aromatic nitrogens is 2. The number of nitrogens with zero attached hydrogens (tertiary/aromatic N) is 2. The molecule has 0 amide bonds. The predicted octanol–water partition coefficient (Wildman–Crippen LogP) is 1.98. The van der Waals surface area contributed by atoms with Crippen molar-refractivity contribution in [2.75, 3.05) is 34.5 Å². The fourth-order valence-corrected chi connectivity index (χ4v) is 4.48. The highest BCUT2D eigenvalue weighted by molar-refractivity contribution is 8.06. The molecule has 1 aliphatic heterocycles. The van der Waals surface area contributed by atoms with Gasteiger partial charge >= 0.3 is 0 Å². The van der Waals surface area contributed by atoms with Gasteiger partial charge in [0.15, 0.2) is 0 Å². The first kappa shape index (κ1) is 14.7. The Hall–Kier alpha value is -0.660. The highest BCUT2D eigenvalue weighted by Crippen LogP contribution is 2.24. The molecule has 7 heteroatoms. The van der Waals surface area contributed by atoms with Crippen LogP contribution in [0.5, 0.6) is 0 Å². The van der Waals surface area contributed by atoms with Crippen molar-refractivity contribution in [3.8, 4) is 0 Å². The standard InChI is InChI=1S/C12H21N5S2/c1-2-3-10-15-11(6-12(16-10)17-13)14-7-9-8-18-4-5-19-9/h6,9H,2-5,7-8,13H2,1H3,(H2,14,15,16,17). The molecule has 1 saturated heterocycles. The molecule has 0 bridgehead atoms. The van der Waals surface area contributed by atoms with Crippen molar-refractivity contribution >= 4 is 35.2 Å². The van der Waals surface area contributed by atoms with Gasteiger partial charge in [0.25, 0.3) is 0 Å².